The lowest BCUT2D eigenvalue weighted by molar-refractivity contribution is -0.929. The number of benzene rings is 4. The molecule has 0 spiro atoms. The molecule has 0 N–H and O–H groups in total. The summed E-state index contributed by atoms with van der Waals surface area (Å²) in [4.78, 5) is 0. The Morgan fingerprint density at radius 1 is 0.273 bits per heavy atom. The zero-order valence-corrected chi connectivity index (χ0v) is 43.7. The highest BCUT2D eigenvalue weighted by Gasteiger charge is 2.32. The first-order valence-electron chi connectivity index (χ1n) is 27.0. The van der Waals surface area contributed by atoms with Crippen molar-refractivity contribution in [3.05, 3.63) is 97.1 Å². The van der Waals surface area contributed by atoms with E-state index >= 15 is 0 Å². The van der Waals surface area contributed by atoms with Gasteiger partial charge in [0.25, 0.3) is 0 Å². The van der Waals surface area contributed by atoms with Gasteiger partial charge in [0, 0.05) is 0 Å². The molecule has 0 aromatic heterocycles. The van der Waals surface area contributed by atoms with Crippen molar-refractivity contribution in [3.8, 4) is 23.0 Å². The molecule has 0 unspecified atom stereocenters. The minimum Gasteiger partial charge on any atom is -0.497 e. The number of nitrogens with zero attached hydrogens (tertiary/aromatic N) is 1. The molecule has 4 aromatic rings. The Morgan fingerprint density at radius 3 is 0.636 bits per heavy atom. The van der Waals surface area contributed by atoms with Gasteiger partial charge < -0.3 is 23.4 Å². The van der Waals surface area contributed by atoms with Gasteiger partial charge in [-0.2, -0.15) is 21.9 Å². The van der Waals surface area contributed by atoms with Gasteiger partial charge in [0.2, 0.25) is 0 Å². The highest BCUT2D eigenvalue weighted by molar-refractivity contribution is 7.19. The molecule has 0 amide bonds. The molecule has 0 fully saturated rings. The molecule has 4 aromatic carbocycles. The molecule has 0 radical (unpaired) electrons. The van der Waals surface area contributed by atoms with Crippen LogP contribution in [0.2, 0.25) is 0 Å². The van der Waals surface area contributed by atoms with Crippen molar-refractivity contribution in [2.75, 3.05) is 54.6 Å². The van der Waals surface area contributed by atoms with Crippen molar-refractivity contribution in [1.29, 1.82) is 0 Å². The number of ether oxygens (including phenoxy) is 4. The predicted octanol–water partition coefficient (Wildman–Crippen LogP) is 14.3. The van der Waals surface area contributed by atoms with E-state index in [1.165, 1.54) is 207 Å². The van der Waals surface area contributed by atoms with Gasteiger partial charge in [-0.05, 0) is 99.9 Å². The van der Waals surface area contributed by atoms with Crippen LogP contribution < -0.4 is 40.8 Å². The number of hydrogen-bond donors (Lipinski definition) is 0. The standard InChI is InChI=1S/C32H68N.C28H28BO4/c1-5-9-13-17-21-25-29-33(30-26-22-18-14-10-6-2,31-27-23-19-15-11-7-3)32-28-24-20-16-12-8-4;1-30-25-13-5-21(6-14-25)29(22-7-15-26(31-2)16-8-22,23-9-17-27(32-3)18-10-23)24-11-19-28(33-4)20-12-24/h5-32H2,1-4H3;5-20H,1-4H3/q+1;-1. The van der Waals surface area contributed by atoms with Crippen LogP contribution in [0.5, 0.6) is 23.0 Å². The fraction of sp³-hybridized carbons (Fsp3) is 0.600. The third kappa shape index (κ3) is 19.4. The van der Waals surface area contributed by atoms with Crippen LogP contribution in [0.1, 0.15) is 182 Å². The quantitative estimate of drug-likeness (QED) is 0.0259. The van der Waals surface area contributed by atoms with Crippen LogP contribution in [-0.2, 0) is 0 Å². The number of methoxy groups -OCH3 is 4. The first kappa shape index (κ1) is 56.4. The molecule has 4 rings (SSSR count). The molecule has 0 bridgehead atoms. The van der Waals surface area contributed by atoms with Gasteiger partial charge in [0.05, 0.1) is 54.6 Å². The summed E-state index contributed by atoms with van der Waals surface area (Å²) in [5, 5.41) is 0. The molecular weight excluding hydrogens is 809 g/mol. The average molecular weight is 906 g/mol. The average Bonchev–Trinajstić information content (AvgIpc) is 3.37. The number of rotatable bonds is 36. The normalized spacial score (nSPS) is 11.5. The van der Waals surface area contributed by atoms with Crippen molar-refractivity contribution >= 4 is 28.0 Å². The SMILES string of the molecule is CCCCCCCC[N+](CCCCCCCC)(CCCCCCCC)CCCCCCCC.COc1ccc([B-](c2ccc(OC)cc2)(c2ccc(OC)cc2)c2ccc(OC)cc2)cc1. The summed E-state index contributed by atoms with van der Waals surface area (Å²) < 4.78 is 23.3. The van der Waals surface area contributed by atoms with E-state index in [2.05, 4.69) is 76.2 Å². The summed E-state index contributed by atoms with van der Waals surface area (Å²) in [5.74, 6) is 3.29. The van der Waals surface area contributed by atoms with E-state index in [1.807, 2.05) is 48.5 Å². The third-order valence-electron chi connectivity index (χ3n) is 14.4. The van der Waals surface area contributed by atoms with Crippen molar-refractivity contribution < 1.29 is 23.4 Å². The van der Waals surface area contributed by atoms with Crippen LogP contribution >= 0.6 is 0 Å². The number of unbranched alkanes of at least 4 members (excludes halogenated alkanes) is 20. The molecular formula is C60H96BNO4. The molecule has 0 aliphatic rings. The second-order valence-corrected chi connectivity index (χ2v) is 19.3. The molecule has 0 heterocycles. The van der Waals surface area contributed by atoms with Crippen LogP contribution in [0.4, 0.5) is 0 Å². The van der Waals surface area contributed by atoms with E-state index in [1.54, 1.807) is 28.4 Å². The first-order valence-corrected chi connectivity index (χ1v) is 27.0. The van der Waals surface area contributed by atoms with E-state index in [-0.39, 0.29) is 0 Å². The van der Waals surface area contributed by atoms with Gasteiger partial charge in [0.1, 0.15) is 29.1 Å². The molecule has 5 nitrogen and oxygen atoms in total. The largest absolute Gasteiger partial charge is 0.497 e. The highest BCUT2D eigenvalue weighted by atomic mass is 16.5. The van der Waals surface area contributed by atoms with Crippen molar-refractivity contribution in [3.63, 3.8) is 0 Å². The van der Waals surface area contributed by atoms with E-state index in [4.69, 9.17) is 18.9 Å². The monoisotopic (exact) mass is 906 g/mol. The molecule has 368 valence electrons. The summed E-state index contributed by atoms with van der Waals surface area (Å²) in [7, 11) is 6.74. The zero-order valence-electron chi connectivity index (χ0n) is 43.7. The molecule has 66 heavy (non-hydrogen) atoms. The van der Waals surface area contributed by atoms with Gasteiger partial charge in [-0.25, -0.2) is 0 Å². The Hall–Kier alpha value is -3.90. The molecule has 0 atom stereocenters. The van der Waals surface area contributed by atoms with Crippen LogP contribution in [0, 0.1) is 0 Å². The predicted molar refractivity (Wildman–Crippen MR) is 289 cm³/mol. The zero-order chi connectivity index (χ0) is 47.6. The maximum Gasteiger partial charge on any atom is 0.118 e. The smallest absolute Gasteiger partial charge is 0.118 e. The van der Waals surface area contributed by atoms with E-state index in [0.29, 0.717) is 0 Å². The van der Waals surface area contributed by atoms with Crippen molar-refractivity contribution in [1.82, 2.24) is 0 Å². The second kappa shape index (κ2) is 34.4. The maximum absolute atomic E-state index is 5.45. The van der Waals surface area contributed by atoms with Crippen LogP contribution in [0.3, 0.4) is 0 Å². The van der Waals surface area contributed by atoms with Gasteiger partial charge in [-0.3, -0.25) is 0 Å². The number of quaternary nitrogens is 1. The van der Waals surface area contributed by atoms with Crippen LogP contribution in [0.25, 0.3) is 0 Å². The lowest BCUT2D eigenvalue weighted by Crippen LogP contribution is -2.74. The summed E-state index contributed by atoms with van der Waals surface area (Å²) >= 11 is 0. The van der Waals surface area contributed by atoms with E-state index in [9.17, 15) is 0 Å². The third-order valence-corrected chi connectivity index (χ3v) is 14.4. The Morgan fingerprint density at radius 2 is 0.455 bits per heavy atom. The Balaban J connectivity index is 0.000000350. The fourth-order valence-electron chi connectivity index (χ4n) is 10.3. The van der Waals surface area contributed by atoms with Gasteiger partial charge >= 0.3 is 0 Å². The van der Waals surface area contributed by atoms with Crippen LogP contribution in [0.15, 0.2) is 97.1 Å². The molecule has 0 saturated carbocycles. The second-order valence-electron chi connectivity index (χ2n) is 19.3. The summed E-state index contributed by atoms with van der Waals surface area (Å²) in [5.41, 5.74) is 4.71. The molecule has 0 aliphatic carbocycles. The topological polar surface area (TPSA) is 36.9 Å². The summed E-state index contributed by atoms with van der Waals surface area (Å²) in [6.07, 6.45) is 33.2. The maximum atomic E-state index is 5.45. The molecule has 0 saturated heterocycles. The molecule has 0 aliphatic heterocycles. The van der Waals surface area contributed by atoms with Gasteiger partial charge in [0.15, 0.2) is 0 Å². The fourth-order valence-corrected chi connectivity index (χ4v) is 10.3. The minimum absolute atomic E-state index is 0.822. The summed E-state index contributed by atoms with van der Waals surface area (Å²) in [6.45, 7) is 15.3. The Labute approximate surface area is 406 Å². The lowest BCUT2D eigenvalue weighted by Gasteiger charge is -2.44. The Kier molecular flexibility index (Phi) is 29.4. The molecule has 6 heteroatoms. The highest BCUT2D eigenvalue weighted by Crippen LogP contribution is 2.22. The Bertz CT molecular complexity index is 1480. The van der Waals surface area contributed by atoms with Crippen molar-refractivity contribution in [2.45, 2.75) is 182 Å². The lowest BCUT2D eigenvalue weighted by atomic mass is 9.13. The van der Waals surface area contributed by atoms with Gasteiger partial charge in [-0.15, -0.1) is 0 Å². The minimum atomic E-state index is -1.52. The van der Waals surface area contributed by atoms with Crippen molar-refractivity contribution in [2.24, 2.45) is 0 Å². The summed E-state index contributed by atoms with van der Waals surface area (Å²) in [6, 6.07) is 33.3. The van der Waals surface area contributed by atoms with Crippen LogP contribution in [-0.4, -0.2) is 65.2 Å². The number of hydrogen-bond acceptors (Lipinski definition) is 4. The first-order chi connectivity index (χ1) is 32.4. The van der Waals surface area contributed by atoms with E-state index in [0.717, 1.165) is 23.0 Å². The van der Waals surface area contributed by atoms with E-state index < -0.39 is 6.15 Å². The van der Waals surface area contributed by atoms with Gasteiger partial charge in [-0.1, -0.05) is 179 Å².